The highest BCUT2D eigenvalue weighted by molar-refractivity contribution is 5.71. The van der Waals surface area contributed by atoms with Crippen LogP contribution in [0.5, 0.6) is 0 Å². The highest BCUT2D eigenvalue weighted by atomic mass is 16.6. The molecule has 0 aliphatic rings. The molecule has 0 aromatic heterocycles. The Morgan fingerprint density at radius 3 is 0.931 bits per heavy atom. The number of ether oxygens (including phenoxy) is 3. The summed E-state index contributed by atoms with van der Waals surface area (Å²) in [5, 5.41) is 0. The number of esters is 3. The van der Waals surface area contributed by atoms with E-state index in [1.54, 1.807) is 0 Å². The first-order valence-electron chi connectivity index (χ1n) is 29.5. The normalized spacial score (nSPS) is 13.0. The lowest BCUT2D eigenvalue weighted by atomic mass is 10.0. The van der Waals surface area contributed by atoms with Crippen LogP contribution < -0.4 is 0 Å². The van der Waals surface area contributed by atoms with Crippen LogP contribution in [0.15, 0.2) is 122 Å². The third-order valence-corrected chi connectivity index (χ3v) is 12.2. The van der Waals surface area contributed by atoms with Gasteiger partial charge in [0, 0.05) is 19.3 Å². The minimum absolute atomic E-state index is 0.119. The standard InChI is InChI=1S/C66H108O6/c1-4-7-10-13-16-19-22-25-28-31-33-35-38-41-44-47-50-53-56-59-65(68)71-62-63(61-70-64(67)58-55-52-49-46-43-40-37-30-27-24-21-18-15-12-9-6-3)72-66(69)60-57-54-51-48-45-42-39-36-34-32-29-26-23-20-17-14-11-8-5-2/h7,9-10,12,16,18-19,21,25,27-28,30,33,35,40-41,43-44,49,52,63H,4-6,8,11,13-15,17,20,22-24,26,29,31-32,34,36-39,42,45-48,50-51,53-62H2,1-3H3/b10-7-,12-9-,19-16-,21-18-,28-25-,30-27-,35-33-,43-40-,44-41-,52-49-. The average Bonchev–Trinajstić information content (AvgIpc) is 3.38. The van der Waals surface area contributed by atoms with Crippen molar-refractivity contribution in [1.82, 2.24) is 0 Å². The van der Waals surface area contributed by atoms with Crippen LogP contribution in [0.4, 0.5) is 0 Å². The summed E-state index contributed by atoms with van der Waals surface area (Å²) in [4.78, 5) is 38.2. The molecule has 6 nitrogen and oxygen atoms in total. The number of hydrogen-bond donors (Lipinski definition) is 0. The van der Waals surface area contributed by atoms with E-state index >= 15 is 0 Å². The summed E-state index contributed by atoms with van der Waals surface area (Å²) in [7, 11) is 0. The minimum atomic E-state index is -0.824. The minimum Gasteiger partial charge on any atom is -0.462 e. The average molecular weight is 998 g/mol. The summed E-state index contributed by atoms with van der Waals surface area (Å²) in [6.07, 6.45) is 82.1. The lowest BCUT2D eigenvalue weighted by Crippen LogP contribution is -2.30. The fraction of sp³-hybridized carbons (Fsp3) is 0.652. The number of carbonyl (C=O) groups is 3. The third kappa shape index (κ3) is 56.7. The SMILES string of the molecule is CC/C=C\C/C=C\C/C=C\C/C=C\C/C=C\CCCCCC(=O)OCC(COC(=O)CC/C=C\C/C=C\C/C=C\C/C=C\C/C=C\CC)OC(=O)CCCCCCCCCCCCCCCCCCCCC. The van der Waals surface area contributed by atoms with Crippen LogP contribution in [-0.4, -0.2) is 37.2 Å². The molecule has 0 rings (SSSR count). The maximum Gasteiger partial charge on any atom is 0.306 e. The quantitative estimate of drug-likeness (QED) is 0.0261. The number of allylic oxidation sites excluding steroid dienone is 20. The Kier molecular flexibility index (Phi) is 55.9. The Morgan fingerprint density at radius 2 is 0.569 bits per heavy atom. The Morgan fingerprint density at radius 1 is 0.292 bits per heavy atom. The van der Waals surface area contributed by atoms with E-state index in [1.807, 2.05) is 6.08 Å². The van der Waals surface area contributed by atoms with Crippen molar-refractivity contribution in [2.45, 2.75) is 264 Å². The Labute approximate surface area is 443 Å². The third-order valence-electron chi connectivity index (χ3n) is 12.2. The second-order valence-electron chi connectivity index (χ2n) is 19.1. The summed E-state index contributed by atoms with van der Waals surface area (Å²) < 4.78 is 16.8. The fourth-order valence-corrected chi connectivity index (χ4v) is 7.87. The molecule has 0 aromatic rings. The van der Waals surface area contributed by atoms with E-state index in [0.717, 1.165) is 109 Å². The highest BCUT2D eigenvalue weighted by Gasteiger charge is 2.19. The van der Waals surface area contributed by atoms with Gasteiger partial charge in [0.1, 0.15) is 13.2 Å². The van der Waals surface area contributed by atoms with Crippen LogP contribution in [0, 0.1) is 0 Å². The molecule has 1 atom stereocenters. The van der Waals surface area contributed by atoms with Crippen LogP contribution in [0.25, 0.3) is 0 Å². The van der Waals surface area contributed by atoms with E-state index in [0.29, 0.717) is 19.3 Å². The lowest BCUT2D eigenvalue weighted by molar-refractivity contribution is -0.166. The topological polar surface area (TPSA) is 78.9 Å². The first-order chi connectivity index (χ1) is 35.5. The number of hydrogen-bond acceptors (Lipinski definition) is 6. The molecule has 0 radical (unpaired) electrons. The molecule has 0 fully saturated rings. The van der Waals surface area contributed by atoms with Gasteiger partial charge >= 0.3 is 17.9 Å². The van der Waals surface area contributed by atoms with Gasteiger partial charge in [-0.25, -0.2) is 0 Å². The highest BCUT2D eigenvalue weighted by Crippen LogP contribution is 2.16. The molecule has 0 aliphatic heterocycles. The van der Waals surface area contributed by atoms with Crippen molar-refractivity contribution in [3.05, 3.63) is 122 Å². The molecule has 6 heteroatoms. The van der Waals surface area contributed by atoms with Crippen LogP contribution in [0.2, 0.25) is 0 Å². The van der Waals surface area contributed by atoms with E-state index in [4.69, 9.17) is 14.2 Å². The van der Waals surface area contributed by atoms with Crippen LogP contribution in [0.3, 0.4) is 0 Å². The van der Waals surface area contributed by atoms with Gasteiger partial charge in [-0.1, -0.05) is 264 Å². The lowest BCUT2D eigenvalue weighted by Gasteiger charge is -2.18. The van der Waals surface area contributed by atoms with Gasteiger partial charge in [0.25, 0.3) is 0 Å². The zero-order chi connectivity index (χ0) is 52.2. The predicted octanol–water partition coefficient (Wildman–Crippen LogP) is 20.0. The zero-order valence-corrected chi connectivity index (χ0v) is 46.7. The molecule has 0 aliphatic carbocycles. The summed E-state index contributed by atoms with van der Waals surface area (Å²) in [6, 6.07) is 0. The molecule has 0 amide bonds. The Hall–Kier alpha value is -4.19. The first kappa shape index (κ1) is 67.8. The van der Waals surface area contributed by atoms with E-state index in [9.17, 15) is 14.4 Å². The number of rotatable bonds is 52. The molecular formula is C66H108O6. The molecule has 1 unspecified atom stereocenters. The molecule has 0 saturated carbocycles. The van der Waals surface area contributed by atoms with E-state index in [1.165, 1.54) is 103 Å². The van der Waals surface area contributed by atoms with E-state index in [-0.39, 0.29) is 37.5 Å². The van der Waals surface area contributed by atoms with Gasteiger partial charge in [-0.3, -0.25) is 14.4 Å². The smallest absolute Gasteiger partial charge is 0.306 e. The monoisotopic (exact) mass is 997 g/mol. The van der Waals surface area contributed by atoms with Crippen LogP contribution in [-0.2, 0) is 28.6 Å². The zero-order valence-electron chi connectivity index (χ0n) is 46.7. The second kappa shape index (κ2) is 59.4. The predicted molar refractivity (Wildman–Crippen MR) is 311 cm³/mol. The van der Waals surface area contributed by atoms with Gasteiger partial charge in [-0.15, -0.1) is 0 Å². The second-order valence-corrected chi connectivity index (χ2v) is 19.1. The van der Waals surface area contributed by atoms with Gasteiger partial charge in [0.15, 0.2) is 6.10 Å². The van der Waals surface area contributed by atoms with Crippen LogP contribution in [0.1, 0.15) is 258 Å². The van der Waals surface area contributed by atoms with Crippen molar-refractivity contribution in [2.24, 2.45) is 0 Å². The van der Waals surface area contributed by atoms with Crippen molar-refractivity contribution < 1.29 is 28.6 Å². The summed E-state index contributed by atoms with van der Waals surface area (Å²) in [5.74, 6) is -1.03. The summed E-state index contributed by atoms with van der Waals surface area (Å²) >= 11 is 0. The molecule has 72 heavy (non-hydrogen) atoms. The van der Waals surface area contributed by atoms with Crippen molar-refractivity contribution >= 4 is 17.9 Å². The molecule has 0 saturated heterocycles. The van der Waals surface area contributed by atoms with Gasteiger partial charge in [0.2, 0.25) is 0 Å². The fourth-order valence-electron chi connectivity index (χ4n) is 7.87. The summed E-state index contributed by atoms with van der Waals surface area (Å²) in [5.41, 5.74) is 0. The maximum atomic E-state index is 12.9. The van der Waals surface area contributed by atoms with Gasteiger partial charge in [-0.2, -0.15) is 0 Å². The van der Waals surface area contributed by atoms with Crippen molar-refractivity contribution in [3.8, 4) is 0 Å². The Bertz CT molecular complexity index is 1520. The summed E-state index contributed by atoms with van der Waals surface area (Å²) in [6.45, 7) is 6.33. The largest absolute Gasteiger partial charge is 0.462 e. The molecule has 0 bridgehead atoms. The van der Waals surface area contributed by atoms with E-state index in [2.05, 4.69) is 136 Å². The Balaban J connectivity index is 4.52. The van der Waals surface area contributed by atoms with Gasteiger partial charge < -0.3 is 14.2 Å². The van der Waals surface area contributed by atoms with Gasteiger partial charge in [-0.05, 0) is 96.3 Å². The number of carbonyl (C=O) groups excluding carboxylic acids is 3. The molecule has 0 aromatic carbocycles. The van der Waals surface area contributed by atoms with Crippen molar-refractivity contribution in [2.75, 3.05) is 13.2 Å². The first-order valence-corrected chi connectivity index (χ1v) is 29.5. The molecular weight excluding hydrogens is 889 g/mol. The molecule has 408 valence electrons. The number of unbranched alkanes of at least 4 members (excludes halogenated alkanes) is 21. The van der Waals surface area contributed by atoms with Crippen molar-refractivity contribution in [1.29, 1.82) is 0 Å². The van der Waals surface area contributed by atoms with Crippen molar-refractivity contribution in [3.63, 3.8) is 0 Å². The van der Waals surface area contributed by atoms with Crippen LogP contribution >= 0.6 is 0 Å². The van der Waals surface area contributed by atoms with E-state index < -0.39 is 6.10 Å². The molecule has 0 heterocycles. The van der Waals surface area contributed by atoms with Gasteiger partial charge in [0.05, 0.1) is 0 Å². The molecule has 0 spiro atoms. The maximum absolute atomic E-state index is 12.9. The molecule has 0 N–H and O–H groups in total.